The summed E-state index contributed by atoms with van der Waals surface area (Å²) in [5.41, 5.74) is 4.21. The molecule has 0 bridgehead atoms. The molecule has 2 aromatic carbocycles. The van der Waals surface area contributed by atoms with Crippen LogP contribution < -0.4 is 14.8 Å². The van der Waals surface area contributed by atoms with E-state index in [4.69, 9.17) is 9.47 Å². The lowest BCUT2D eigenvalue weighted by molar-refractivity contribution is -0.113. The highest BCUT2D eigenvalue weighted by Gasteiger charge is 2.13. The van der Waals surface area contributed by atoms with E-state index >= 15 is 0 Å². The maximum Gasteiger partial charge on any atom is 0.234 e. The first-order valence-corrected chi connectivity index (χ1v) is 10.5. The molecule has 0 atom stereocenters. The Morgan fingerprint density at radius 3 is 2.39 bits per heavy atom. The number of nitrogens with zero attached hydrogens (tertiary/aromatic N) is 4. The minimum Gasteiger partial charge on any atom is -0.497 e. The Morgan fingerprint density at radius 1 is 1.00 bits per heavy atom. The zero-order valence-electron chi connectivity index (χ0n) is 17.3. The molecule has 1 N–H and O–H groups in total. The van der Waals surface area contributed by atoms with Crippen molar-refractivity contribution in [2.24, 2.45) is 0 Å². The third kappa shape index (κ3) is 4.77. The molecule has 2 heterocycles. The first kappa shape index (κ1) is 20.7. The summed E-state index contributed by atoms with van der Waals surface area (Å²) in [5, 5.41) is 16.4. The average Bonchev–Trinajstić information content (AvgIpc) is 3.20. The molecule has 0 aliphatic heterocycles. The van der Waals surface area contributed by atoms with Gasteiger partial charge in [0.05, 0.1) is 25.7 Å². The normalized spacial score (nSPS) is 10.8. The van der Waals surface area contributed by atoms with Crippen molar-refractivity contribution < 1.29 is 14.3 Å². The predicted molar refractivity (Wildman–Crippen MR) is 120 cm³/mol. The molecule has 8 nitrogen and oxygen atoms in total. The van der Waals surface area contributed by atoms with E-state index in [0.29, 0.717) is 28.0 Å². The summed E-state index contributed by atoms with van der Waals surface area (Å²) in [5.74, 6) is 1.15. The number of methoxy groups -OCH3 is 2. The fourth-order valence-electron chi connectivity index (χ4n) is 2.94. The van der Waals surface area contributed by atoms with Crippen LogP contribution >= 0.6 is 11.8 Å². The Balaban J connectivity index is 1.48. The van der Waals surface area contributed by atoms with Crippen LogP contribution in [0.2, 0.25) is 0 Å². The highest BCUT2D eigenvalue weighted by molar-refractivity contribution is 7.99. The number of carbonyl (C=O) groups excluding carboxylic acids is 1. The number of carbonyl (C=O) groups is 1. The van der Waals surface area contributed by atoms with Gasteiger partial charge in [-0.1, -0.05) is 41.6 Å². The van der Waals surface area contributed by atoms with Crippen LogP contribution in [-0.2, 0) is 4.79 Å². The second-order valence-electron chi connectivity index (χ2n) is 6.78. The summed E-state index contributed by atoms with van der Waals surface area (Å²) in [4.78, 5) is 12.5. The van der Waals surface area contributed by atoms with E-state index in [2.05, 4.69) is 20.6 Å². The standard InChI is InChI=1S/C22H21N5O3S/c1-14-4-6-15(7-5-14)19-8-9-20-24-25-22(27(20)26-19)31-13-21(28)23-16-10-17(29-2)12-18(11-16)30-3/h4-12H,13H2,1-3H3,(H,23,28). The van der Waals surface area contributed by atoms with Crippen LogP contribution in [-0.4, -0.2) is 45.7 Å². The fraction of sp³-hybridized carbons (Fsp3) is 0.182. The number of fused-ring (bicyclic) bond motifs is 1. The molecular weight excluding hydrogens is 414 g/mol. The molecule has 4 aromatic rings. The molecular formula is C22H21N5O3S. The van der Waals surface area contributed by atoms with Gasteiger partial charge in [-0.15, -0.1) is 10.2 Å². The Labute approximate surface area is 183 Å². The molecule has 158 valence electrons. The number of aromatic nitrogens is 4. The third-order valence-corrected chi connectivity index (χ3v) is 5.47. The molecule has 0 aliphatic carbocycles. The monoisotopic (exact) mass is 435 g/mol. The Kier molecular flexibility index (Phi) is 6.03. The first-order valence-electron chi connectivity index (χ1n) is 9.51. The van der Waals surface area contributed by atoms with Crippen molar-refractivity contribution in [1.29, 1.82) is 0 Å². The highest BCUT2D eigenvalue weighted by atomic mass is 32.2. The Bertz CT molecular complexity index is 1200. The van der Waals surface area contributed by atoms with Crippen molar-refractivity contribution in [3.8, 4) is 22.8 Å². The highest BCUT2D eigenvalue weighted by Crippen LogP contribution is 2.26. The molecule has 2 aromatic heterocycles. The molecule has 31 heavy (non-hydrogen) atoms. The van der Waals surface area contributed by atoms with E-state index in [-0.39, 0.29) is 11.7 Å². The topological polar surface area (TPSA) is 90.6 Å². The summed E-state index contributed by atoms with van der Waals surface area (Å²) in [6.45, 7) is 2.04. The van der Waals surface area contributed by atoms with Crippen molar-refractivity contribution in [3.05, 3.63) is 60.2 Å². The summed E-state index contributed by atoms with van der Waals surface area (Å²) in [6, 6.07) is 17.1. The predicted octanol–water partition coefficient (Wildman–Crippen LogP) is 3.85. The number of aryl methyl sites for hydroxylation is 1. The van der Waals surface area contributed by atoms with Crippen molar-refractivity contribution in [2.75, 3.05) is 25.3 Å². The van der Waals surface area contributed by atoms with Gasteiger partial charge in [0.1, 0.15) is 11.5 Å². The number of amides is 1. The van der Waals surface area contributed by atoms with E-state index in [1.807, 2.05) is 43.3 Å². The largest absolute Gasteiger partial charge is 0.497 e. The summed E-state index contributed by atoms with van der Waals surface area (Å²) < 4.78 is 12.1. The molecule has 0 saturated carbocycles. The summed E-state index contributed by atoms with van der Waals surface area (Å²) >= 11 is 1.26. The van der Waals surface area contributed by atoms with Gasteiger partial charge in [0.15, 0.2) is 5.65 Å². The molecule has 0 fully saturated rings. The molecule has 0 saturated heterocycles. The Morgan fingerprint density at radius 2 is 1.71 bits per heavy atom. The van der Waals surface area contributed by atoms with Crippen molar-refractivity contribution in [2.45, 2.75) is 12.1 Å². The van der Waals surface area contributed by atoms with E-state index < -0.39 is 0 Å². The minimum absolute atomic E-state index is 0.150. The molecule has 0 aliphatic rings. The second-order valence-corrected chi connectivity index (χ2v) is 7.72. The summed E-state index contributed by atoms with van der Waals surface area (Å²) in [7, 11) is 3.12. The third-order valence-electron chi connectivity index (χ3n) is 4.55. The number of nitrogens with one attached hydrogen (secondary N) is 1. The molecule has 0 unspecified atom stereocenters. The smallest absolute Gasteiger partial charge is 0.234 e. The minimum atomic E-state index is -0.188. The zero-order chi connectivity index (χ0) is 21.8. The molecule has 4 rings (SSSR count). The lowest BCUT2D eigenvalue weighted by Crippen LogP contribution is -2.14. The van der Waals surface area contributed by atoms with Crippen LogP contribution in [0.1, 0.15) is 5.56 Å². The van der Waals surface area contributed by atoms with E-state index in [1.165, 1.54) is 17.3 Å². The number of ether oxygens (including phenoxy) is 2. The summed E-state index contributed by atoms with van der Waals surface area (Å²) in [6.07, 6.45) is 0. The van der Waals surface area contributed by atoms with Gasteiger partial charge in [0.25, 0.3) is 0 Å². The van der Waals surface area contributed by atoms with Gasteiger partial charge >= 0.3 is 0 Å². The SMILES string of the molecule is COc1cc(NC(=O)CSc2nnc3ccc(-c4ccc(C)cc4)nn23)cc(OC)c1. The molecule has 0 radical (unpaired) electrons. The molecule has 0 spiro atoms. The Hall–Kier alpha value is -3.59. The fourth-order valence-corrected chi connectivity index (χ4v) is 3.63. The van der Waals surface area contributed by atoms with Crippen LogP contribution in [0.4, 0.5) is 5.69 Å². The number of hydrogen-bond acceptors (Lipinski definition) is 7. The van der Waals surface area contributed by atoms with Crippen molar-refractivity contribution in [1.82, 2.24) is 19.8 Å². The number of hydrogen-bond donors (Lipinski definition) is 1. The van der Waals surface area contributed by atoms with Gasteiger partial charge in [-0.2, -0.15) is 9.61 Å². The molecule has 1 amide bonds. The van der Waals surface area contributed by atoms with Crippen molar-refractivity contribution in [3.63, 3.8) is 0 Å². The average molecular weight is 436 g/mol. The number of thioether (sulfide) groups is 1. The lowest BCUT2D eigenvalue weighted by atomic mass is 10.1. The van der Waals surface area contributed by atoms with Gasteiger partial charge in [-0.05, 0) is 19.1 Å². The van der Waals surface area contributed by atoms with Gasteiger partial charge < -0.3 is 14.8 Å². The first-order chi connectivity index (χ1) is 15.1. The maximum absolute atomic E-state index is 12.5. The zero-order valence-corrected chi connectivity index (χ0v) is 18.1. The van der Waals surface area contributed by atoms with Gasteiger partial charge in [-0.25, -0.2) is 0 Å². The number of benzene rings is 2. The second kappa shape index (κ2) is 9.05. The van der Waals surface area contributed by atoms with Gasteiger partial charge in [0, 0.05) is 29.4 Å². The van der Waals surface area contributed by atoms with Crippen LogP contribution in [0.5, 0.6) is 11.5 Å². The van der Waals surface area contributed by atoms with Crippen LogP contribution in [0.3, 0.4) is 0 Å². The van der Waals surface area contributed by atoms with Crippen LogP contribution in [0, 0.1) is 6.92 Å². The van der Waals surface area contributed by atoms with Crippen molar-refractivity contribution >= 4 is 29.0 Å². The van der Waals surface area contributed by atoms with E-state index in [1.54, 1.807) is 36.9 Å². The number of rotatable bonds is 7. The van der Waals surface area contributed by atoms with Crippen LogP contribution in [0.15, 0.2) is 59.8 Å². The van der Waals surface area contributed by atoms with E-state index in [0.717, 1.165) is 11.3 Å². The quantitative estimate of drug-likeness (QED) is 0.441. The maximum atomic E-state index is 12.5. The van der Waals surface area contributed by atoms with Crippen LogP contribution in [0.25, 0.3) is 16.9 Å². The molecule has 9 heteroatoms. The number of anilines is 1. The lowest BCUT2D eigenvalue weighted by Gasteiger charge is -2.09. The van der Waals surface area contributed by atoms with E-state index in [9.17, 15) is 4.79 Å². The van der Waals surface area contributed by atoms with Gasteiger partial charge in [-0.3, -0.25) is 4.79 Å². The van der Waals surface area contributed by atoms with Gasteiger partial charge in [0.2, 0.25) is 11.1 Å².